The van der Waals surface area contributed by atoms with Gasteiger partial charge in [0.15, 0.2) is 0 Å². The van der Waals surface area contributed by atoms with Gasteiger partial charge in [-0.15, -0.1) is 0 Å². The molecule has 0 rings (SSSR count). The molecular weight excluding hydrogens is 184 g/mol. The minimum atomic E-state index is -0.845. The highest BCUT2D eigenvalue weighted by molar-refractivity contribution is 6.15. The predicted molar refractivity (Wildman–Crippen MR) is 52.5 cm³/mol. The average molecular weight is 200 g/mol. The van der Waals surface area contributed by atoms with Gasteiger partial charge in [0.2, 0.25) is 0 Å². The molecule has 5 heteroatoms. The molecule has 5 nitrogen and oxygen atoms in total. The smallest absolute Gasteiger partial charge is 0.343 e. The summed E-state index contributed by atoms with van der Waals surface area (Å²) in [7, 11) is 3.84. The van der Waals surface area contributed by atoms with Gasteiger partial charge >= 0.3 is 5.97 Å². The molecule has 1 amide bonds. The Bertz CT molecular complexity index is 236. The lowest BCUT2D eigenvalue weighted by atomic mass is 10.3. The van der Waals surface area contributed by atoms with Crippen LogP contribution in [0, 0.1) is 0 Å². The zero-order valence-corrected chi connectivity index (χ0v) is 8.58. The fourth-order valence-electron chi connectivity index (χ4n) is 0.733. The molecule has 0 saturated carbocycles. The molecule has 0 unspecified atom stereocenters. The van der Waals surface area contributed by atoms with Crippen LogP contribution in [0.2, 0.25) is 0 Å². The van der Waals surface area contributed by atoms with Crippen LogP contribution >= 0.6 is 0 Å². The molecule has 0 fully saturated rings. The molecule has 0 bridgehead atoms. The van der Waals surface area contributed by atoms with Crippen molar-refractivity contribution in [3.8, 4) is 0 Å². The lowest BCUT2D eigenvalue weighted by Crippen LogP contribution is -2.22. The number of hydrogen-bond acceptors (Lipinski definition) is 4. The number of nitrogens with zero attached hydrogens (tertiary/aromatic N) is 1. The molecule has 0 aliphatic heterocycles. The average Bonchev–Trinajstić information content (AvgIpc) is 2.10. The van der Waals surface area contributed by atoms with E-state index in [0.29, 0.717) is 6.42 Å². The van der Waals surface area contributed by atoms with Crippen molar-refractivity contribution in [1.82, 2.24) is 4.90 Å². The Hall–Kier alpha value is -1.36. The highest BCUT2D eigenvalue weighted by Crippen LogP contribution is 1.94. The number of hydrogen-bond donors (Lipinski definition) is 1. The van der Waals surface area contributed by atoms with Gasteiger partial charge in [-0.1, -0.05) is 6.58 Å². The lowest BCUT2D eigenvalue weighted by Gasteiger charge is -2.09. The summed E-state index contributed by atoms with van der Waals surface area (Å²) in [6.07, 6.45) is 0.713. The van der Waals surface area contributed by atoms with E-state index in [4.69, 9.17) is 10.5 Å². The zero-order valence-electron chi connectivity index (χ0n) is 8.58. The number of rotatable bonds is 6. The quantitative estimate of drug-likeness (QED) is 0.207. The molecule has 0 radical (unpaired) electrons. The van der Waals surface area contributed by atoms with E-state index in [-0.39, 0.29) is 12.2 Å². The Morgan fingerprint density at radius 2 is 2.00 bits per heavy atom. The van der Waals surface area contributed by atoms with Gasteiger partial charge in [-0.25, -0.2) is 4.79 Å². The van der Waals surface area contributed by atoms with E-state index in [1.165, 1.54) is 0 Å². The van der Waals surface area contributed by atoms with Crippen molar-refractivity contribution in [3.63, 3.8) is 0 Å². The number of primary amides is 1. The molecular formula is C9H16N2O3. The molecule has 0 aromatic carbocycles. The van der Waals surface area contributed by atoms with E-state index < -0.39 is 11.9 Å². The van der Waals surface area contributed by atoms with Gasteiger partial charge in [-0.2, -0.15) is 0 Å². The highest BCUT2D eigenvalue weighted by atomic mass is 16.5. The standard InChI is InChI=1S/C9H16N2O3/c1-7(8(10)12)9(13)14-6-4-5-11(2)3/h1,4-6H2,2-3H3,(H2,10,12). The van der Waals surface area contributed by atoms with Crippen LogP contribution in [0.3, 0.4) is 0 Å². The van der Waals surface area contributed by atoms with Gasteiger partial charge in [-0.3, -0.25) is 4.79 Å². The number of carbonyl (C=O) groups excluding carboxylic acids is 2. The van der Waals surface area contributed by atoms with Crippen LogP contribution in [-0.2, 0) is 14.3 Å². The highest BCUT2D eigenvalue weighted by Gasteiger charge is 2.13. The summed E-state index contributed by atoms with van der Waals surface area (Å²) < 4.78 is 4.75. The maximum absolute atomic E-state index is 11.0. The maximum Gasteiger partial charge on any atom is 0.343 e. The number of nitrogens with two attached hydrogens (primary N) is 1. The van der Waals surface area contributed by atoms with Crippen LogP contribution in [0.1, 0.15) is 6.42 Å². The van der Waals surface area contributed by atoms with Crippen molar-refractivity contribution in [2.45, 2.75) is 6.42 Å². The molecule has 0 saturated heterocycles. The lowest BCUT2D eigenvalue weighted by molar-refractivity contribution is -0.140. The van der Waals surface area contributed by atoms with Gasteiger partial charge < -0.3 is 15.4 Å². The number of ether oxygens (including phenoxy) is 1. The fourth-order valence-corrected chi connectivity index (χ4v) is 0.733. The van der Waals surface area contributed by atoms with Crippen molar-refractivity contribution in [1.29, 1.82) is 0 Å². The van der Waals surface area contributed by atoms with E-state index >= 15 is 0 Å². The summed E-state index contributed by atoms with van der Waals surface area (Å²) in [6.45, 7) is 4.29. The second-order valence-electron chi connectivity index (χ2n) is 3.14. The predicted octanol–water partition coefficient (Wildman–Crippen LogP) is -0.477. The van der Waals surface area contributed by atoms with E-state index in [2.05, 4.69) is 6.58 Å². The summed E-state index contributed by atoms with van der Waals surface area (Å²) in [6, 6.07) is 0. The molecule has 0 atom stereocenters. The summed E-state index contributed by atoms with van der Waals surface area (Å²) in [5, 5.41) is 0. The van der Waals surface area contributed by atoms with E-state index in [9.17, 15) is 9.59 Å². The Morgan fingerprint density at radius 3 is 2.43 bits per heavy atom. The summed E-state index contributed by atoms with van der Waals surface area (Å²) >= 11 is 0. The van der Waals surface area contributed by atoms with Crippen molar-refractivity contribution >= 4 is 11.9 Å². The van der Waals surface area contributed by atoms with Gasteiger partial charge in [0.25, 0.3) is 5.91 Å². The Labute approximate surface area is 83.5 Å². The van der Waals surface area contributed by atoms with Crippen LogP contribution < -0.4 is 5.73 Å². The number of carbonyl (C=O) groups is 2. The first-order chi connectivity index (χ1) is 6.45. The zero-order chi connectivity index (χ0) is 11.1. The Balaban J connectivity index is 3.65. The van der Waals surface area contributed by atoms with Crippen molar-refractivity contribution < 1.29 is 14.3 Å². The third-order valence-corrected chi connectivity index (χ3v) is 1.53. The molecule has 0 aromatic rings. The molecule has 14 heavy (non-hydrogen) atoms. The normalized spacial score (nSPS) is 9.93. The van der Waals surface area contributed by atoms with Crippen LogP contribution in [0.15, 0.2) is 12.2 Å². The molecule has 0 aliphatic rings. The first-order valence-corrected chi connectivity index (χ1v) is 4.25. The Morgan fingerprint density at radius 1 is 1.43 bits per heavy atom. The minimum Gasteiger partial charge on any atom is -0.462 e. The molecule has 2 N–H and O–H groups in total. The first-order valence-electron chi connectivity index (χ1n) is 4.25. The van der Waals surface area contributed by atoms with Crippen molar-refractivity contribution in [3.05, 3.63) is 12.2 Å². The van der Waals surface area contributed by atoms with Crippen LogP contribution in [-0.4, -0.2) is 44.0 Å². The SMILES string of the molecule is C=C(C(N)=O)C(=O)OCCCN(C)C. The van der Waals surface area contributed by atoms with Crippen LogP contribution in [0.4, 0.5) is 0 Å². The summed E-state index contributed by atoms with van der Waals surface area (Å²) in [4.78, 5) is 23.5. The first kappa shape index (κ1) is 12.6. The second kappa shape index (κ2) is 6.15. The summed E-state index contributed by atoms with van der Waals surface area (Å²) in [5.41, 5.74) is 4.53. The summed E-state index contributed by atoms with van der Waals surface area (Å²) in [5.74, 6) is -1.58. The minimum absolute atomic E-state index is 0.267. The molecule has 0 heterocycles. The molecule has 0 aromatic heterocycles. The van der Waals surface area contributed by atoms with Gasteiger partial charge in [0, 0.05) is 6.54 Å². The largest absolute Gasteiger partial charge is 0.462 e. The Kier molecular flexibility index (Phi) is 5.55. The van der Waals surface area contributed by atoms with E-state index in [1.807, 2.05) is 19.0 Å². The third kappa shape index (κ3) is 5.31. The van der Waals surface area contributed by atoms with Gasteiger partial charge in [-0.05, 0) is 20.5 Å². The third-order valence-electron chi connectivity index (χ3n) is 1.53. The fraction of sp³-hybridized carbons (Fsp3) is 0.556. The molecule has 80 valence electrons. The number of esters is 1. The van der Waals surface area contributed by atoms with Crippen molar-refractivity contribution in [2.75, 3.05) is 27.2 Å². The maximum atomic E-state index is 11.0. The van der Waals surface area contributed by atoms with Crippen LogP contribution in [0.5, 0.6) is 0 Å². The molecule has 0 spiro atoms. The van der Waals surface area contributed by atoms with E-state index in [1.54, 1.807) is 0 Å². The number of amides is 1. The van der Waals surface area contributed by atoms with Crippen LogP contribution in [0.25, 0.3) is 0 Å². The monoisotopic (exact) mass is 200 g/mol. The second-order valence-corrected chi connectivity index (χ2v) is 3.14. The van der Waals surface area contributed by atoms with Gasteiger partial charge in [0.05, 0.1) is 6.61 Å². The van der Waals surface area contributed by atoms with Crippen molar-refractivity contribution in [2.24, 2.45) is 5.73 Å². The topological polar surface area (TPSA) is 72.6 Å². The molecule has 0 aliphatic carbocycles. The van der Waals surface area contributed by atoms with Gasteiger partial charge in [0.1, 0.15) is 5.57 Å². The van der Waals surface area contributed by atoms with E-state index in [0.717, 1.165) is 6.54 Å².